The van der Waals surface area contributed by atoms with Crippen molar-refractivity contribution in [3.63, 3.8) is 0 Å². The van der Waals surface area contributed by atoms with E-state index in [4.69, 9.17) is 4.74 Å². The molecule has 4 amide bonds. The topological polar surface area (TPSA) is 121 Å². The molecule has 202 valence electrons. The number of benzene rings is 1. The number of anilines is 3. The molecule has 11 heteroatoms. The fraction of sp³-hybridized carbons (Fsp3) is 0.370. The van der Waals surface area contributed by atoms with E-state index in [-0.39, 0.29) is 11.6 Å². The summed E-state index contributed by atoms with van der Waals surface area (Å²) in [5, 5.41) is 4.68. The van der Waals surface area contributed by atoms with Gasteiger partial charge in [0.2, 0.25) is 24.6 Å². The fourth-order valence-corrected chi connectivity index (χ4v) is 3.64. The third-order valence-electron chi connectivity index (χ3n) is 5.86. The highest BCUT2D eigenvalue weighted by Crippen LogP contribution is 2.31. The van der Waals surface area contributed by atoms with E-state index in [2.05, 4.69) is 15.6 Å². The molecule has 2 aliphatic heterocycles. The summed E-state index contributed by atoms with van der Waals surface area (Å²) in [4.78, 5) is 50.4. The average molecular weight is 526 g/mol. The van der Waals surface area contributed by atoms with Crippen LogP contribution in [0, 0.1) is 18.7 Å². The van der Waals surface area contributed by atoms with Crippen molar-refractivity contribution in [3.8, 4) is 0 Å². The number of carbonyl (C=O) groups is 4. The molecule has 1 aliphatic carbocycles. The van der Waals surface area contributed by atoms with E-state index in [0.717, 1.165) is 44.7 Å². The Kier molecular flexibility index (Phi) is 10.9. The zero-order valence-electron chi connectivity index (χ0n) is 21.3. The molecule has 10 nitrogen and oxygen atoms in total. The Morgan fingerprint density at radius 3 is 2.42 bits per heavy atom. The molecular weight excluding hydrogens is 493 g/mol. The van der Waals surface area contributed by atoms with E-state index in [9.17, 15) is 23.6 Å². The van der Waals surface area contributed by atoms with Crippen LogP contribution in [0.15, 0.2) is 48.8 Å². The molecule has 3 aliphatic rings. The van der Waals surface area contributed by atoms with Gasteiger partial charge in [0.1, 0.15) is 11.6 Å². The van der Waals surface area contributed by atoms with Crippen LogP contribution in [0.4, 0.5) is 21.6 Å². The van der Waals surface area contributed by atoms with Crippen molar-refractivity contribution < 1.29 is 28.3 Å². The number of carbonyl (C=O) groups excluding carboxylic acids is 4. The van der Waals surface area contributed by atoms with Crippen molar-refractivity contribution in [1.29, 1.82) is 0 Å². The Balaban J connectivity index is 0.000000166. The van der Waals surface area contributed by atoms with E-state index in [1.165, 1.54) is 17.0 Å². The number of morpholine rings is 1. The number of ether oxygens (including phenoxy) is 1. The lowest BCUT2D eigenvalue weighted by Crippen LogP contribution is -2.41. The molecular formula is C27H32FN5O5. The number of amides is 4. The number of rotatable bonds is 6. The van der Waals surface area contributed by atoms with Crippen molar-refractivity contribution in [2.45, 2.75) is 32.6 Å². The maximum Gasteiger partial charge on any atom is 0.231 e. The second kappa shape index (κ2) is 14.6. The van der Waals surface area contributed by atoms with Gasteiger partial charge in [-0.2, -0.15) is 0 Å². The molecule has 0 spiro atoms. The first-order valence-corrected chi connectivity index (χ1v) is 12.4. The highest BCUT2D eigenvalue weighted by Gasteiger charge is 2.33. The van der Waals surface area contributed by atoms with Crippen molar-refractivity contribution >= 4 is 41.8 Å². The monoisotopic (exact) mass is 525 g/mol. The molecule has 2 fully saturated rings. The first kappa shape index (κ1) is 28.5. The Hall–Kier alpha value is -4.12. The van der Waals surface area contributed by atoms with Gasteiger partial charge in [0.15, 0.2) is 0 Å². The van der Waals surface area contributed by atoms with E-state index in [0.29, 0.717) is 49.0 Å². The molecule has 0 unspecified atom stereocenters. The predicted octanol–water partition coefficient (Wildman–Crippen LogP) is 3.25. The summed E-state index contributed by atoms with van der Waals surface area (Å²) < 4.78 is 18.7. The van der Waals surface area contributed by atoms with Crippen LogP contribution < -0.4 is 15.5 Å². The number of nitrogens with zero attached hydrogens (tertiary/aromatic N) is 3. The standard InChI is InChI=1S/C12H11FN2O2.C8H13NO2.C7H8N2O/c13-10-7-9(4-5-11(10)14-8-16)15-6-2-1-3-12(15)17;10-8(7-1-2-7)9-3-5-11-6-4-9;1-6-2-3-7(8-4-6)9-5-10/h2,4-8H,1,3H2,(H,14,16);7H,1-6H2;2-5H,1H3,(H,8,9,10). The molecule has 2 aromatic rings. The number of allylic oxidation sites excluding steroid dienone is 1. The van der Waals surface area contributed by atoms with Crippen LogP contribution >= 0.6 is 0 Å². The summed E-state index contributed by atoms with van der Waals surface area (Å²) >= 11 is 0. The van der Waals surface area contributed by atoms with E-state index in [1.54, 1.807) is 24.5 Å². The summed E-state index contributed by atoms with van der Waals surface area (Å²) in [5.74, 6) is 0.673. The van der Waals surface area contributed by atoms with Gasteiger partial charge >= 0.3 is 0 Å². The predicted molar refractivity (Wildman–Crippen MR) is 141 cm³/mol. The van der Waals surface area contributed by atoms with Gasteiger partial charge in [-0.3, -0.25) is 24.1 Å². The van der Waals surface area contributed by atoms with Crippen LogP contribution in [-0.2, 0) is 23.9 Å². The number of nitrogens with one attached hydrogen (secondary N) is 2. The quantitative estimate of drug-likeness (QED) is 0.559. The summed E-state index contributed by atoms with van der Waals surface area (Å²) in [6.07, 6.45) is 9.55. The molecule has 2 N–H and O–H groups in total. The first-order chi connectivity index (χ1) is 18.4. The van der Waals surface area contributed by atoms with E-state index >= 15 is 0 Å². The second-order valence-corrected chi connectivity index (χ2v) is 8.81. The lowest BCUT2D eigenvalue weighted by atomic mass is 10.2. The number of aryl methyl sites for hydroxylation is 1. The Labute approximate surface area is 220 Å². The summed E-state index contributed by atoms with van der Waals surface area (Å²) in [7, 11) is 0. The molecule has 0 atom stereocenters. The molecule has 1 saturated heterocycles. The number of halogens is 1. The number of hydrogen-bond donors (Lipinski definition) is 2. The van der Waals surface area contributed by atoms with Crippen LogP contribution in [0.3, 0.4) is 0 Å². The second-order valence-electron chi connectivity index (χ2n) is 8.81. The molecule has 0 radical (unpaired) electrons. The lowest BCUT2D eigenvalue weighted by Gasteiger charge is -2.26. The van der Waals surface area contributed by atoms with Gasteiger partial charge in [0.25, 0.3) is 0 Å². The minimum absolute atomic E-state index is 0.0667. The molecule has 1 aromatic heterocycles. The van der Waals surface area contributed by atoms with Crippen molar-refractivity contribution in [3.05, 3.63) is 60.2 Å². The Morgan fingerprint density at radius 2 is 1.84 bits per heavy atom. The molecule has 5 rings (SSSR count). The fourth-order valence-electron chi connectivity index (χ4n) is 3.64. The minimum Gasteiger partial charge on any atom is -0.378 e. The zero-order chi connectivity index (χ0) is 27.3. The molecule has 1 aromatic carbocycles. The van der Waals surface area contributed by atoms with Gasteiger partial charge in [-0.15, -0.1) is 0 Å². The maximum atomic E-state index is 13.5. The van der Waals surface area contributed by atoms with Crippen LogP contribution in [0.25, 0.3) is 0 Å². The van der Waals surface area contributed by atoms with Gasteiger partial charge in [-0.1, -0.05) is 12.1 Å². The third-order valence-corrected chi connectivity index (χ3v) is 5.86. The van der Waals surface area contributed by atoms with Crippen LogP contribution in [0.2, 0.25) is 0 Å². The Morgan fingerprint density at radius 1 is 1.11 bits per heavy atom. The largest absolute Gasteiger partial charge is 0.378 e. The number of aromatic nitrogens is 1. The van der Waals surface area contributed by atoms with E-state index in [1.807, 2.05) is 24.0 Å². The first-order valence-electron chi connectivity index (χ1n) is 12.4. The van der Waals surface area contributed by atoms with Crippen LogP contribution in [-0.4, -0.2) is 60.8 Å². The van der Waals surface area contributed by atoms with Crippen molar-refractivity contribution in [1.82, 2.24) is 9.88 Å². The minimum atomic E-state index is -0.568. The van der Waals surface area contributed by atoms with Crippen LogP contribution in [0.5, 0.6) is 0 Å². The van der Waals surface area contributed by atoms with Crippen molar-refractivity contribution in [2.75, 3.05) is 41.8 Å². The Bertz CT molecular complexity index is 1130. The smallest absolute Gasteiger partial charge is 0.231 e. The van der Waals surface area contributed by atoms with Gasteiger partial charge in [-0.05, 0) is 49.9 Å². The molecule has 1 saturated carbocycles. The zero-order valence-corrected chi connectivity index (χ0v) is 21.3. The number of pyridine rings is 1. The van der Waals surface area contributed by atoms with Crippen LogP contribution in [0.1, 0.15) is 31.2 Å². The van der Waals surface area contributed by atoms with Gasteiger partial charge in [0, 0.05) is 43.9 Å². The summed E-state index contributed by atoms with van der Waals surface area (Å²) in [6.45, 7) is 4.99. The van der Waals surface area contributed by atoms with Gasteiger partial charge < -0.3 is 20.3 Å². The normalized spacial score (nSPS) is 16.3. The molecule has 38 heavy (non-hydrogen) atoms. The van der Waals surface area contributed by atoms with Gasteiger partial charge in [0.05, 0.1) is 24.6 Å². The number of hydrogen-bond acceptors (Lipinski definition) is 6. The highest BCUT2D eigenvalue weighted by atomic mass is 19.1. The highest BCUT2D eigenvalue weighted by molar-refractivity contribution is 5.96. The summed E-state index contributed by atoms with van der Waals surface area (Å²) in [5.41, 5.74) is 1.63. The third kappa shape index (κ3) is 8.77. The molecule has 0 bridgehead atoms. The van der Waals surface area contributed by atoms with Gasteiger partial charge in [-0.25, -0.2) is 9.37 Å². The summed E-state index contributed by atoms with van der Waals surface area (Å²) in [6, 6.07) is 7.87. The lowest BCUT2D eigenvalue weighted by molar-refractivity contribution is -0.136. The van der Waals surface area contributed by atoms with Crippen molar-refractivity contribution in [2.24, 2.45) is 5.92 Å². The SMILES string of the molecule is Cc1ccc(NC=O)nc1.O=C(C1CC1)N1CCOCC1.O=CNc1ccc(N2C=CCCC2=O)cc1F. The maximum absolute atomic E-state index is 13.5. The molecule has 3 heterocycles. The van der Waals surface area contributed by atoms with E-state index < -0.39 is 5.82 Å². The average Bonchev–Trinajstić information content (AvgIpc) is 3.78.